The van der Waals surface area contributed by atoms with Gasteiger partial charge in [-0.2, -0.15) is 0 Å². The summed E-state index contributed by atoms with van der Waals surface area (Å²) in [5.41, 5.74) is 1.41. The number of nitrogens with one attached hydrogen (secondary N) is 1. The van der Waals surface area contributed by atoms with Crippen LogP contribution in [0.4, 0.5) is 0 Å². The number of oxazole rings is 1. The van der Waals surface area contributed by atoms with E-state index in [9.17, 15) is 4.79 Å². The fraction of sp³-hybridized carbons (Fsp3) is 0.412. The first-order chi connectivity index (χ1) is 10.6. The lowest BCUT2D eigenvalue weighted by molar-refractivity contribution is 0.0516. The standard InChI is InChI=1S/C17H22N2O3/c1-4-21-17(20)15-16(22-11-18-15)14(19-12(2)3)10-13-8-6-5-7-9-13/h5-9,11-12,14,19H,4,10H2,1-3H3/t14-/m0/s1. The topological polar surface area (TPSA) is 64.4 Å². The van der Waals surface area contributed by atoms with Crippen molar-refractivity contribution in [2.75, 3.05) is 6.61 Å². The number of nitrogens with zero attached hydrogens (tertiary/aromatic N) is 1. The van der Waals surface area contributed by atoms with Crippen LogP contribution in [-0.4, -0.2) is 23.6 Å². The average Bonchev–Trinajstić information content (AvgIpc) is 2.97. The number of esters is 1. The van der Waals surface area contributed by atoms with Crippen molar-refractivity contribution >= 4 is 5.97 Å². The van der Waals surface area contributed by atoms with E-state index in [0.29, 0.717) is 18.8 Å². The monoisotopic (exact) mass is 302 g/mol. The van der Waals surface area contributed by atoms with E-state index in [0.717, 1.165) is 5.56 Å². The van der Waals surface area contributed by atoms with Crippen LogP contribution in [0.25, 0.3) is 0 Å². The fourth-order valence-corrected chi connectivity index (χ4v) is 2.33. The van der Waals surface area contributed by atoms with Crippen molar-refractivity contribution in [3.8, 4) is 0 Å². The van der Waals surface area contributed by atoms with Gasteiger partial charge in [0, 0.05) is 6.04 Å². The van der Waals surface area contributed by atoms with E-state index in [1.54, 1.807) is 6.92 Å². The molecule has 0 fully saturated rings. The molecule has 5 heteroatoms. The van der Waals surface area contributed by atoms with Crippen molar-refractivity contribution in [1.29, 1.82) is 0 Å². The molecule has 0 saturated carbocycles. The van der Waals surface area contributed by atoms with Gasteiger partial charge in [0.1, 0.15) is 0 Å². The second-order valence-electron chi connectivity index (χ2n) is 5.35. The number of carbonyl (C=O) groups is 1. The van der Waals surface area contributed by atoms with E-state index in [2.05, 4.69) is 36.3 Å². The predicted octanol–water partition coefficient (Wildman–Crippen LogP) is 3.13. The van der Waals surface area contributed by atoms with E-state index < -0.39 is 5.97 Å². The van der Waals surface area contributed by atoms with Crippen LogP contribution in [0.1, 0.15) is 48.6 Å². The van der Waals surface area contributed by atoms with Gasteiger partial charge in [0.25, 0.3) is 0 Å². The molecule has 5 nitrogen and oxygen atoms in total. The molecule has 0 radical (unpaired) electrons. The maximum Gasteiger partial charge on any atom is 0.360 e. The van der Waals surface area contributed by atoms with Gasteiger partial charge in [-0.3, -0.25) is 0 Å². The lowest BCUT2D eigenvalue weighted by atomic mass is 10.0. The van der Waals surface area contributed by atoms with Crippen molar-refractivity contribution in [2.24, 2.45) is 0 Å². The van der Waals surface area contributed by atoms with Crippen LogP contribution >= 0.6 is 0 Å². The highest BCUT2D eigenvalue weighted by molar-refractivity contribution is 5.88. The van der Waals surface area contributed by atoms with Crippen molar-refractivity contribution in [3.05, 3.63) is 53.7 Å². The second-order valence-corrected chi connectivity index (χ2v) is 5.35. The second kappa shape index (κ2) is 7.75. The zero-order chi connectivity index (χ0) is 15.9. The highest BCUT2D eigenvalue weighted by Crippen LogP contribution is 2.23. The molecule has 2 aromatic rings. The average molecular weight is 302 g/mol. The third-order valence-electron chi connectivity index (χ3n) is 3.20. The maximum atomic E-state index is 12.0. The van der Waals surface area contributed by atoms with Gasteiger partial charge in [-0.05, 0) is 18.9 Å². The summed E-state index contributed by atoms with van der Waals surface area (Å²) in [7, 11) is 0. The van der Waals surface area contributed by atoms with Crippen LogP contribution in [0.5, 0.6) is 0 Å². The predicted molar refractivity (Wildman–Crippen MR) is 83.6 cm³/mol. The van der Waals surface area contributed by atoms with Crippen LogP contribution in [-0.2, 0) is 11.2 Å². The van der Waals surface area contributed by atoms with Gasteiger partial charge in [-0.15, -0.1) is 0 Å². The van der Waals surface area contributed by atoms with Gasteiger partial charge >= 0.3 is 5.97 Å². The minimum absolute atomic E-state index is 0.135. The lowest BCUT2D eigenvalue weighted by Crippen LogP contribution is -2.30. The van der Waals surface area contributed by atoms with Crippen molar-refractivity contribution in [1.82, 2.24) is 10.3 Å². The van der Waals surface area contributed by atoms with E-state index in [1.807, 2.05) is 18.2 Å². The van der Waals surface area contributed by atoms with Gasteiger partial charge < -0.3 is 14.5 Å². The Morgan fingerprint density at radius 2 is 2.05 bits per heavy atom. The molecule has 118 valence electrons. The van der Waals surface area contributed by atoms with Gasteiger partial charge in [-0.1, -0.05) is 44.2 Å². The first kappa shape index (κ1) is 16.2. The zero-order valence-corrected chi connectivity index (χ0v) is 13.2. The summed E-state index contributed by atoms with van der Waals surface area (Å²) in [4.78, 5) is 16.0. The van der Waals surface area contributed by atoms with Crippen LogP contribution in [0, 0.1) is 0 Å². The Bertz CT molecular complexity index is 593. The van der Waals surface area contributed by atoms with Crippen LogP contribution in [0.3, 0.4) is 0 Å². The molecule has 0 aliphatic heterocycles. The molecule has 0 amide bonds. The first-order valence-electron chi connectivity index (χ1n) is 7.52. The first-order valence-corrected chi connectivity index (χ1v) is 7.52. The van der Waals surface area contributed by atoms with Crippen molar-refractivity contribution < 1.29 is 13.9 Å². The number of benzene rings is 1. The zero-order valence-electron chi connectivity index (χ0n) is 13.2. The van der Waals surface area contributed by atoms with E-state index in [-0.39, 0.29) is 17.8 Å². The Kier molecular flexibility index (Phi) is 5.72. The minimum Gasteiger partial charge on any atom is -0.461 e. The minimum atomic E-state index is -0.449. The molecule has 1 aromatic carbocycles. The van der Waals surface area contributed by atoms with Crippen molar-refractivity contribution in [3.63, 3.8) is 0 Å². The number of carbonyl (C=O) groups excluding carboxylic acids is 1. The molecule has 0 saturated heterocycles. The molecule has 1 atom stereocenters. The smallest absolute Gasteiger partial charge is 0.360 e. The number of ether oxygens (including phenoxy) is 1. The van der Waals surface area contributed by atoms with E-state index >= 15 is 0 Å². The summed E-state index contributed by atoms with van der Waals surface area (Å²) in [6.07, 6.45) is 2.00. The summed E-state index contributed by atoms with van der Waals surface area (Å²) in [6.45, 7) is 6.19. The van der Waals surface area contributed by atoms with Crippen LogP contribution in [0.2, 0.25) is 0 Å². The van der Waals surface area contributed by atoms with E-state index in [1.165, 1.54) is 6.39 Å². The Labute approximate surface area is 130 Å². The fourth-order valence-electron chi connectivity index (χ4n) is 2.33. The molecule has 0 aliphatic carbocycles. The molecule has 0 aliphatic rings. The number of hydrogen-bond donors (Lipinski definition) is 1. The molecule has 0 bridgehead atoms. The third kappa shape index (κ3) is 4.18. The third-order valence-corrected chi connectivity index (χ3v) is 3.20. The van der Waals surface area contributed by atoms with Crippen molar-refractivity contribution in [2.45, 2.75) is 39.3 Å². The molecular formula is C17H22N2O3. The Morgan fingerprint density at radius 1 is 1.32 bits per heavy atom. The number of hydrogen-bond acceptors (Lipinski definition) is 5. The Morgan fingerprint density at radius 3 is 2.68 bits per heavy atom. The summed E-state index contributed by atoms with van der Waals surface area (Å²) >= 11 is 0. The molecule has 1 N–H and O–H groups in total. The number of aromatic nitrogens is 1. The summed E-state index contributed by atoms with van der Waals surface area (Å²) in [5.74, 6) is 0.0749. The highest BCUT2D eigenvalue weighted by atomic mass is 16.5. The summed E-state index contributed by atoms with van der Waals surface area (Å²) < 4.78 is 10.5. The Hall–Kier alpha value is -2.14. The largest absolute Gasteiger partial charge is 0.461 e. The number of rotatable bonds is 7. The molecule has 2 rings (SSSR count). The molecule has 1 aromatic heterocycles. The van der Waals surface area contributed by atoms with Crippen LogP contribution in [0.15, 0.2) is 41.1 Å². The summed E-state index contributed by atoms with van der Waals surface area (Å²) in [6, 6.07) is 10.2. The highest BCUT2D eigenvalue weighted by Gasteiger charge is 2.26. The SMILES string of the molecule is CCOC(=O)c1ncoc1[C@H](Cc1ccccc1)NC(C)C. The van der Waals surface area contributed by atoms with Gasteiger partial charge in [-0.25, -0.2) is 9.78 Å². The molecular weight excluding hydrogens is 280 g/mol. The van der Waals surface area contributed by atoms with Crippen LogP contribution < -0.4 is 5.32 Å². The van der Waals surface area contributed by atoms with E-state index in [4.69, 9.17) is 9.15 Å². The quantitative estimate of drug-likeness (QED) is 0.796. The maximum absolute atomic E-state index is 12.0. The Balaban J connectivity index is 2.26. The molecule has 0 spiro atoms. The molecule has 0 unspecified atom stereocenters. The van der Waals surface area contributed by atoms with Gasteiger partial charge in [0.05, 0.1) is 12.6 Å². The normalized spacial score (nSPS) is 12.4. The molecule has 1 heterocycles. The molecule has 22 heavy (non-hydrogen) atoms. The van der Waals surface area contributed by atoms with Gasteiger partial charge in [0.15, 0.2) is 17.8 Å². The van der Waals surface area contributed by atoms with Gasteiger partial charge in [0.2, 0.25) is 0 Å². The summed E-state index contributed by atoms with van der Waals surface area (Å²) in [5, 5.41) is 3.43. The lowest BCUT2D eigenvalue weighted by Gasteiger charge is -2.20.